The van der Waals surface area contributed by atoms with Crippen molar-refractivity contribution in [1.29, 1.82) is 0 Å². The molecule has 1 fully saturated rings. The van der Waals surface area contributed by atoms with Gasteiger partial charge in [0.25, 0.3) is 0 Å². The smallest absolute Gasteiger partial charge is 0.132 e. The zero-order chi connectivity index (χ0) is 54.7. The van der Waals surface area contributed by atoms with E-state index in [2.05, 4.69) is 291 Å². The molecule has 0 aromatic heterocycles. The number of benzene rings is 13. The molecule has 0 radical (unpaired) electrons. The number of hydrogen-bond acceptors (Lipinski definition) is 2. The lowest BCUT2D eigenvalue weighted by Crippen LogP contribution is -2.34. The molecule has 83 heavy (non-hydrogen) atoms. The topological polar surface area (TPSA) is 18.5 Å². The quantitative estimate of drug-likeness (QED) is 0.148. The van der Waals surface area contributed by atoms with E-state index >= 15 is 0 Å². The Morgan fingerprint density at radius 2 is 0.590 bits per heavy atom. The third kappa shape index (κ3) is 6.66. The predicted molar refractivity (Wildman–Crippen MR) is 339 cm³/mol. The van der Waals surface area contributed by atoms with Crippen LogP contribution in [0, 0.1) is 0 Å². The predicted octanol–water partition coefficient (Wildman–Crippen LogP) is 20.8. The molecular formula is C81H56O2. The summed E-state index contributed by atoms with van der Waals surface area (Å²) in [7, 11) is 0. The molecule has 2 heteroatoms. The summed E-state index contributed by atoms with van der Waals surface area (Å²) in [6.07, 6.45) is 4.78. The molecule has 0 unspecified atom stereocenters. The van der Waals surface area contributed by atoms with Crippen molar-refractivity contribution in [1.82, 2.24) is 0 Å². The maximum absolute atomic E-state index is 7.18. The second-order valence-corrected chi connectivity index (χ2v) is 23.1. The fourth-order valence-corrected chi connectivity index (χ4v) is 16.1. The molecule has 392 valence electrons. The monoisotopic (exact) mass is 1060 g/mol. The van der Waals surface area contributed by atoms with Gasteiger partial charge in [-0.25, -0.2) is 0 Å². The first-order chi connectivity index (χ1) is 41.2. The maximum atomic E-state index is 7.18. The van der Waals surface area contributed by atoms with Crippen LogP contribution in [0.1, 0.15) is 81.3 Å². The molecule has 1 saturated carbocycles. The van der Waals surface area contributed by atoms with E-state index < -0.39 is 10.8 Å². The van der Waals surface area contributed by atoms with Gasteiger partial charge in [0.2, 0.25) is 0 Å². The molecule has 0 amide bonds. The van der Waals surface area contributed by atoms with Crippen molar-refractivity contribution in [2.24, 2.45) is 0 Å². The molecule has 13 aromatic carbocycles. The van der Waals surface area contributed by atoms with E-state index in [0.29, 0.717) is 0 Å². The van der Waals surface area contributed by atoms with Gasteiger partial charge in [-0.15, -0.1) is 0 Å². The van der Waals surface area contributed by atoms with Gasteiger partial charge < -0.3 is 9.47 Å². The first-order valence-electron chi connectivity index (χ1n) is 29.4. The van der Waals surface area contributed by atoms with Gasteiger partial charge in [-0.3, -0.25) is 0 Å². The lowest BCUT2D eigenvalue weighted by atomic mass is 9.62. The summed E-state index contributed by atoms with van der Waals surface area (Å²) < 4.78 is 14.4. The fraction of sp³-hybridized carbons (Fsp3) is 0.0864. The van der Waals surface area contributed by atoms with Crippen LogP contribution in [0.2, 0.25) is 0 Å². The lowest BCUT2D eigenvalue weighted by Gasteiger charge is -2.43. The number of hydrogen-bond donors (Lipinski definition) is 0. The first-order valence-corrected chi connectivity index (χ1v) is 29.4. The third-order valence-electron chi connectivity index (χ3n) is 19.3. The van der Waals surface area contributed by atoms with Crippen molar-refractivity contribution in [3.05, 3.63) is 347 Å². The second-order valence-electron chi connectivity index (χ2n) is 23.1. The van der Waals surface area contributed by atoms with E-state index in [4.69, 9.17) is 9.47 Å². The Kier molecular flexibility index (Phi) is 10.6. The van der Waals surface area contributed by atoms with Crippen molar-refractivity contribution in [2.45, 2.75) is 41.9 Å². The Balaban J connectivity index is 1.02. The van der Waals surface area contributed by atoms with Crippen molar-refractivity contribution in [2.75, 3.05) is 0 Å². The fourth-order valence-electron chi connectivity index (χ4n) is 16.1. The number of fused-ring (bicyclic) bond motifs is 11. The van der Waals surface area contributed by atoms with Gasteiger partial charge >= 0.3 is 0 Å². The summed E-state index contributed by atoms with van der Waals surface area (Å²) in [5.74, 6) is 3.42. The van der Waals surface area contributed by atoms with Gasteiger partial charge in [0, 0.05) is 27.7 Å². The summed E-state index contributed by atoms with van der Waals surface area (Å²) in [5, 5.41) is 4.77. The summed E-state index contributed by atoms with van der Waals surface area (Å²) >= 11 is 0. The van der Waals surface area contributed by atoms with Gasteiger partial charge in [0.05, 0.1) is 10.8 Å². The average molecular weight is 1060 g/mol. The Labute approximate surface area is 484 Å². The first kappa shape index (κ1) is 47.8. The van der Waals surface area contributed by atoms with E-state index in [1.807, 2.05) is 0 Å². The summed E-state index contributed by atoms with van der Waals surface area (Å²) in [4.78, 5) is 0. The van der Waals surface area contributed by atoms with Gasteiger partial charge in [-0.2, -0.15) is 0 Å². The molecule has 13 aromatic rings. The van der Waals surface area contributed by atoms with Crippen LogP contribution in [0.25, 0.3) is 66.1 Å². The molecule has 17 rings (SSSR count). The van der Waals surface area contributed by atoms with Crippen molar-refractivity contribution < 1.29 is 9.47 Å². The molecule has 2 aliphatic carbocycles. The van der Waals surface area contributed by atoms with Gasteiger partial charge in [-0.1, -0.05) is 274 Å². The van der Waals surface area contributed by atoms with E-state index in [9.17, 15) is 0 Å². The highest BCUT2D eigenvalue weighted by Gasteiger charge is 2.50. The van der Waals surface area contributed by atoms with Gasteiger partial charge in [0.15, 0.2) is 0 Å². The normalized spacial score (nSPS) is 15.3. The van der Waals surface area contributed by atoms with Crippen LogP contribution in [0.5, 0.6) is 23.0 Å². The van der Waals surface area contributed by atoms with E-state index in [0.717, 1.165) is 80.3 Å². The zero-order valence-corrected chi connectivity index (χ0v) is 45.9. The number of para-hydroxylation sites is 2. The molecule has 2 heterocycles. The van der Waals surface area contributed by atoms with E-state index in [1.54, 1.807) is 0 Å². The van der Waals surface area contributed by atoms with E-state index in [-0.39, 0.29) is 5.41 Å². The minimum Gasteiger partial charge on any atom is -0.457 e. The highest BCUT2D eigenvalue weighted by molar-refractivity contribution is 6.21. The zero-order valence-electron chi connectivity index (χ0n) is 45.9. The van der Waals surface area contributed by atoms with Crippen LogP contribution in [0.4, 0.5) is 0 Å². The largest absolute Gasteiger partial charge is 0.457 e. The highest BCUT2D eigenvalue weighted by atomic mass is 16.5. The molecule has 4 aliphatic rings. The molecule has 1 spiro atoms. The molecule has 0 atom stereocenters. The van der Waals surface area contributed by atoms with Crippen LogP contribution in [0.15, 0.2) is 291 Å². The molecule has 0 N–H and O–H groups in total. The van der Waals surface area contributed by atoms with Crippen LogP contribution < -0.4 is 9.47 Å². The summed E-state index contributed by atoms with van der Waals surface area (Å²) in [6.45, 7) is 0. The third-order valence-corrected chi connectivity index (χ3v) is 19.3. The van der Waals surface area contributed by atoms with Crippen LogP contribution in [-0.4, -0.2) is 0 Å². The Bertz CT molecular complexity index is 4400. The standard InChI is InChI=1S/C81H56O2/c1-5-26-53(27-6-1)80(54-28-7-2-8-29-54)68-43-15-17-46-71(68)82-73-48-24-39-61(77(73)80)57-35-21-37-59-65(57)52-66-58(36-22-38-60(66)75(59)64-41-23-45-70-76(64)63-34-13-14-42-67(63)79(70)50-19-20-51-79)62-40-25-49-74-78(62)81(55-30-9-3-10-31-55,56-32-11-4-12-33-56)69-44-16-18-47-72(69)83-74/h1-18,21-49,52H,19-20,50-51H2. The van der Waals surface area contributed by atoms with Crippen molar-refractivity contribution >= 4 is 21.5 Å². The average Bonchev–Trinajstić information content (AvgIpc) is 1.67. The van der Waals surface area contributed by atoms with E-state index in [1.165, 1.54) is 90.0 Å². The Hall–Kier alpha value is -10.0. The molecule has 0 saturated heterocycles. The van der Waals surface area contributed by atoms with Gasteiger partial charge in [-0.05, 0) is 143 Å². The molecule has 2 nitrogen and oxygen atoms in total. The minimum absolute atomic E-state index is 0.00611. The van der Waals surface area contributed by atoms with Crippen molar-refractivity contribution in [3.8, 4) is 67.5 Å². The number of ether oxygens (including phenoxy) is 2. The van der Waals surface area contributed by atoms with Crippen molar-refractivity contribution in [3.63, 3.8) is 0 Å². The SMILES string of the molecule is c1ccc(C2(c3ccccc3)c3ccccc3Oc3cccc(-c4cccc5c(-c6cccc7c6-c6ccccc6C76CCCC6)c6cccc(-c7cccc8c7C(c7ccccc7)(c7ccccc7)c7ccccc7O8)c6cc45)c32)cc1. The minimum atomic E-state index is -0.743. The molecular weight excluding hydrogens is 1000 g/mol. The Morgan fingerprint density at radius 3 is 1.07 bits per heavy atom. The second kappa shape index (κ2) is 18.5. The maximum Gasteiger partial charge on any atom is 0.132 e. The summed E-state index contributed by atoms with van der Waals surface area (Å²) in [6, 6.07) is 108. The molecule has 2 aliphatic heterocycles. The Morgan fingerprint density at radius 1 is 0.241 bits per heavy atom. The van der Waals surface area contributed by atoms with Crippen LogP contribution in [-0.2, 0) is 16.2 Å². The number of rotatable bonds is 7. The summed E-state index contributed by atoms with van der Waals surface area (Å²) in [5.41, 5.74) is 20.5. The highest BCUT2D eigenvalue weighted by Crippen LogP contribution is 2.63. The van der Waals surface area contributed by atoms with Crippen LogP contribution in [0.3, 0.4) is 0 Å². The lowest BCUT2D eigenvalue weighted by molar-refractivity contribution is 0.435. The van der Waals surface area contributed by atoms with Gasteiger partial charge in [0.1, 0.15) is 23.0 Å². The molecule has 0 bridgehead atoms. The van der Waals surface area contributed by atoms with Crippen LogP contribution >= 0.6 is 0 Å².